The van der Waals surface area contributed by atoms with Crippen molar-refractivity contribution in [1.82, 2.24) is 9.88 Å². The van der Waals surface area contributed by atoms with Gasteiger partial charge in [0.1, 0.15) is 0 Å². The van der Waals surface area contributed by atoms with Crippen molar-refractivity contribution in [3.8, 4) is 0 Å². The lowest BCUT2D eigenvalue weighted by Gasteiger charge is -2.34. The number of nitrogens with zero attached hydrogens (tertiary/aromatic N) is 3. The minimum Gasteiger partial charge on any atom is -0.346 e. The van der Waals surface area contributed by atoms with Gasteiger partial charge in [-0.25, -0.2) is 4.98 Å². The third-order valence-corrected chi connectivity index (χ3v) is 5.38. The molecule has 1 amide bonds. The zero-order chi connectivity index (χ0) is 16.1. The van der Waals surface area contributed by atoms with Crippen LogP contribution in [0.1, 0.15) is 0 Å². The molecule has 122 valence electrons. The maximum atomic E-state index is 12.2. The Labute approximate surface area is 144 Å². The van der Waals surface area contributed by atoms with E-state index < -0.39 is 0 Å². The van der Waals surface area contributed by atoms with E-state index >= 15 is 0 Å². The molecule has 0 spiro atoms. The van der Waals surface area contributed by atoms with Crippen molar-refractivity contribution in [3.05, 3.63) is 35.8 Å². The Hall–Kier alpha value is -1.57. The Morgan fingerprint density at radius 2 is 2.00 bits per heavy atom. The van der Waals surface area contributed by atoms with Gasteiger partial charge in [0.05, 0.1) is 6.54 Å². The Morgan fingerprint density at radius 1 is 1.26 bits per heavy atom. The summed E-state index contributed by atoms with van der Waals surface area (Å²) in [5.41, 5.74) is 0.856. The number of carbonyl (C=O) groups is 1. The lowest BCUT2D eigenvalue weighted by molar-refractivity contribution is -0.117. The standard InChI is InChI=1S/C16H20N4OS2/c1-22-14-4-2-13(3-5-14)18-15(21)12-19-7-9-20(10-8-19)16-17-6-11-23-16/h2-6,11H,7-10,12H2,1H3,(H,18,21). The minimum atomic E-state index is 0.0459. The molecule has 3 rings (SSSR count). The van der Waals surface area contributed by atoms with Gasteiger partial charge in [-0.3, -0.25) is 9.69 Å². The van der Waals surface area contributed by atoms with Crippen LogP contribution in [0.15, 0.2) is 40.7 Å². The van der Waals surface area contributed by atoms with E-state index in [9.17, 15) is 4.79 Å². The van der Waals surface area contributed by atoms with Crippen molar-refractivity contribution in [2.24, 2.45) is 0 Å². The Balaban J connectivity index is 1.45. The summed E-state index contributed by atoms with van der Waals surface area (Å²) < 4.78 is 0. The number of carbonyl (C=O) groups excluding carboxylic acids is 1. The number of anilines is 2. The highest BCUT2D eigenvalue weighted by Gasteiger charge is 2.20. The van der Waals surface area contributed by atoms with Gasteiger partial charge in [0.25, 0.3) is 0 Å². The van der Waals surface area contributed by atoms with Crippen molar-refractivity contribution in [2.75, 3.05) is 49.2 Å². The summed E-state index contributed by atoms with van der Waals surface area (Å²) >= 11 is 3.36. The molecule has 1 aliphatic rings. The molecule has 0 unspecified atom stereocenters. The molecule has 2 aromatic rings. The average Bonchev–Trinajstić information content (AvgIpc) is 3.11. The summed E-state index contributed by atoms with van der Waals surface area (Å²) in [5, 5.41) is 6.04. The van der Waals surface area contributed by atoms with Crippen LogP contribution in [0.5, 0.6) is 0 Å². The van der Waals surface area contributed by atoms with Crippen molar-refractivity contribution in [3.63, 3.8) is 0 Å². The molecular weight excluding hydrogens is 328 g/mol. The van der Waals surface area contributed by atoms with Crippen molar-refractivity contribution >= 4 is 39.8 Å². The maximum absolute atomic E-state index is 12.2. The molecule has 1 aliphatic heterocycles. The maximum Gasteiger partial charge on any atom is 0.238 e. The molecule has 23 heavy (non-hydrogen) atoms. The first kappa shape index (κ1) is 16.3. The van der Waals surface area contributed by atoms with E-state index in [4.69, 9.17) is 0 Å². The fourth-order valence-electron chi connectivity index (χ4n) is 2.55. The van der Waals surface area contributed by atoms with Crippen LogP contribution >= 0.6 is 23.1 Å². The molecule has 1 saturated heterocycles. The number of hydrogen-bond donors (Lipinski definition) is 1. The number of thioether (sulfide) groups is 1. The van der Waals surface area contributed by atoms with Gasteiger partial charge in [-0.1, -0.05) is 0 Å². The zero-order valence-electron chi connectivity index (χ0n) is 13.1. The molecule has 0 aliphatic carbocycles. The van der Waals surface area contributed by atoms with E-state index in [-0.39, 0.29) is 5.91 Å². The first-order valence-corrected chi connectivity index (χ1v) is 9.66. The van der Waals surface area contributed by atoms with Gasteiger partial charge in [-0.2, -0.15) is 0 Å². The first-order valence-electron chi connectivity index (χ1n) is 7.55. The van der Waals surface area contributed by atoms with E-state index in [1.165, 1.54) is 4.90 Å². The highest BCUT2D eigenvalue weighted by molar-refractivity contribution is 7.98. The van der Waals surface area contributed by atoms with Gasteiger partial charge in [-0.05, 0) is 30.5 Å². The van der Waals surface area contributed by atoms with Crippen molar-refractivity contribution < 1.29 is 4.79 Å². The van der Waals surface area contributed by atoms with Crippen LogP contribution in [0.3, 0.4) is 0 Å². The number of thiazole rings is 1. The molecule has 0 saturated carbocycles. The molecule has 0 bridgehead atoms. The van der Waals surface area contributed by atoms with Gasteiger partial charge in [-0.15, -0.1) is 23.1 Å². The van der Waals surface area contributed by atoms with E-state index in [1.807, 2.05) is 42.1 Å². The van der Waals surface area contributed by atoms with Gasteiger partial charge < -0.3 is 10.2 Å². The number of rotatable bonds is 5. The van der Waals surface area contributed by atoms with Crippen LogP contribution in [-0.4, -0.2) is 54.8 Å². The largest absolute Gasteiger partial charge is 0.346 e. The normalized spacial score (nSPS) is 15.6. The highest BCUT2D eigenvalue weighted by atomic mass is 32.2. The summed E-state index contributed by atoms with van der Waals surface area (Å²) in [7, 11) is 0. The van der Waals surface area contributed by atoms with Crippen molar-refractivity contribution in [1.29, 1.82) is 0 Å². The average molecular weight is 348 g/mol. The Kier molecular flexibility index (Phi) is 5.53. The predicted molar refractivity (Wildman–Crippen MR) is 97.6 cm³/mol. The monoisotopic (exact) mass is 348 g/mol. The molecule has 0 radical (unpaired) electrons. The van der Waals surface area contributed by atoms with Crippen LogP contribution in [0.25, 0.3) is 0 Å². The van der Waals surface area contributed by atoms with Crippen LogP contribution in [-0.2, 0) is 4.79 Å². The molecule has 1 aromatic carbocycles. The number of hydrogen-bond acceptors (Lipinski definition) is 6. The summed E-state index contributed by atoms with van der Waals surface area (Å²) in [5.74, 6) is 0.0459. The van der Waals surface area contributed by atoms with Crippen molar-refractivity contribution in [2.45, 2.75) is 4.90 Å². The SMILES string of the molecule is CSc1ccc(NC(=O)CN2CCN(c3nccs3)CC2)cc1. The fraction of sp³-hybridized carbons (Fsp3) is 0.375. The van der Waals surface area contributed by atoms with Crippen LogP contribution in [0.4, 0.5) is 10.8 Å². The molecular formula is C16H20N4OS2. The zero-order valence-corrected chi connectivity index (χ0v) is 14.7. The number of piperazine rings is 1. The van der Waals surface area contributed by atoms with Crippen LogP contribution in [0.2, 0.25) is 0 Å². The number of aromatic nitrogens is 1. The van der Waals surface area contributed by atoms with Gasteiger partial charge >= 0.3 is 0 Å². The minimum absolute atomic E-state index is 0.0459. The van der Waals surface area contributed by atoms with Gasteiger partial charge in [0.15, 0.2) is 5.13 Å². The topological polar surface area (TPSA) is 48.5 Å². The summed E-state index contributed by atoms with van der Waals surface area (Å²) in [6.07, 6.45) is 3.88. The molecule has 1 N–H and O–H groups in total. The van der Waals surface area contributed by atoms with E-state index in [0.29, 0.717) is 6.54 Å². The molecule has 1 aromatic heterocycles. The number of nitrogens with one attached hydrogen (secondary N) is 1. The molecule has 1 fully saturated rings. The van der Waals surface area contributed by atoms with E-state index in [0.717, 1.165) is 37.0 Å². The smallest absolute Gasteiger partial charge is 0.238 e. The van der Waals surface area contributed by atoms with Gasteiger partial charge in [0.2, 0.25) is 5.91 Å². The Bertz CT molecular complexity index is 622. The summed E-state index contributed by atoms with van der Waals surface area (Å²) in [6, 6.07) is 7.94. The molecule has 5 nitrogen and oxygen atoms in total. The molecule has 2 heterocycles. The lowest BCUT2D eigenvalue weighted by Crippen LogP contribution is -2.48. The third kappa shape index (κ3) is 4.46. The van der Waals surface area contributed by atoms with E-state index in [1.54, 1.807) is 23.1 Å². The summed E-state index contributed by atoms with van der Waals surface area (Å²) in [4.78, 5) is 22.2. The highest BCUT2D eigenvalue weighted by Crippen LogP contribution is 2.19. The number of amides is 1. The first-order chi connectivity index (χ1) is 11.2. The lowest BCUT2D eigenvalue weighted by atomic mass is 10.3. The summed E-state index contributed by atoms with van der Waals surface area (Å²) in [6.45, 7) is 4.05. The fourth-order valence-corrected chi connectivity index (χ4v) is 3.65. The molecule has 7 heteroatoms. The number of benzene rings is 1. The second kappa shape index (κ2) is 7.81. The van der Waals surface area contributed by atoms with Crippen LogP contribution < -0.4 is 10.2 Å². The van der Waals surface area contributed by atoms with E-state index in [2.05, 4.69) is 20.1 Å². The Morgan fingerprint density at radius 3 is 2.61 bits per heavy atom. The quantitative estimate of drug-likeness (QED) is 0.842. The van der Waals surface area contributed by atoms with Gasteiger partial charge in [0, 0.05) is 48.3 Å². The second-order valence-electron chi connectivity index (χ2n) is 5.35. The third-order valence-electron chi connectivity index (χ3n) is 3.80. The molecule has 0 atom stereocenters. The second-order valence-corrected chi connectivity index (χ2v) is 7.11. The van der Waals surface area contributed by atoms with Crippen LogP contribution in [0, 0.1) is 0 Å². The predicted octanol–water partition coefficient (Wildman–Crippen LogP) is 2.63.